The van der Waals surface area contributed by atoms with Crippen LogP contribution in [0.2, 0.25) is 5.02 Å². The Bertz CT molecular complexity index is 1470. The van der Waals surface area contributed by atoms with Crippen LogP contribution in [0.3, 0.4) is 0 Å². The summed E-state index contributed by atoms with van der Waals surface area (Å²) >= 11 is 5.92. The van der Waals surface area contributed by atoms with Gasteiger partial charge in [-0.1, -0.05) is 17.7 Å². The predicted molar refractivity (Wildman–Crippen MR) is 129 cm³/mol. The highest BCUT2D eigenvalue weighted by atomic mass is 35.5. The number of fused-ring (bicyclic) bond motifs is 1. The Morgan fingerprint density at radius 1 is 1.00 bits per heavy atom. The van der Waals surface area contributed by atoms with Crippen LogP contribution in [0.4, 0.5) is 11.4 Å². The summed E-state index contributed by atoms with van der Waals surface area (Å²) in [6.07, 6.45) is 5.14. The van der Waals surface area contributed by atoms with Crippen LogP contribution >= 0.6 is 11.6 Å². The van der Waals surface area contributed by atoms with Crippen LogP contribution in [-0.4, -0.2) is 21.4 Å². The molecule has 0 radical (unpaired) electrons. The molecule has 162 valence electrons. The van der Waals surface area contributed by atoms with Crippen molar-refractivity contribution in [3.63, 3.8) is 0 Å². The van der Waals surface area contributed by atoms with Crippen molar-refractivity contribution in [3.8, 4) is 5.69 Å². The van der Waals surface area contributed by atoms with Crippen LogP contribution in [-0.2, 0) is 4.79 Å². The second kappa shape index (κ2) is 8.29. The van der Waals surface area contributed by atoms with Crippen LogP contribution in [0.15, 0.2) is 83.9 Å². The maximum atomic E-state index is 12.9. The summed E-state index contributed by atoms with van der Waals surface area (Å²) in [5, 5.41) is 6.10. The summed E-state index contributed by atoms with van der Waals surface area (Å²) in [5.41, 5.74) is 3.25. The molecule has 0 saturated carbocycles. The maximum Gasteiger partial charge on any atom is 0.267 e. The first-order chi connectivity index (χ1) is 16.0. The van der Waals surface area contributed by atoms with Gasteiger partial charge in [-0.05, 0) is 66.7 Å². The van der Waals surface area contributed by atoms with E-state index in [4.69, 9.17) is 11.6 Å². The second-order valence-electron chi connectivity index (χ2n) is 7.43. The number of carbonyl (C=O) groups excluding carboxylic acids is 2. The van der Waals surface area contributed by atoms with Crippen LogP contribution in [0, 0.1) is 0 Å². The number of H-pyrrole nitrogens is 1. The fourth-order valence-corrected chi connectivity index (χ4v) is 3.80. The van der Waals surface area contributed by atoms with E-state index in [0.29, 0.717) is 27.7 Å². The van der Waals surface area contributed by atoms with Crippen molar-refractivity contribution >= 4 is 46.4 Å². The summed E-state index contributed by atoms with van der Waals surface area (Å²) in [5.74, 6) is -0.772. The Morgan fingerprint density at radius 2 is 1.82 bits per heavy atom. The SMILES string of the molecule is O=C1Nc2cc(NC(=O)c3cccn(-c4ccc(Cl)cc4)c3=O)ccc2C1=Cc1ccc[nH]1. The lowest BCUT2D eigenvalue weighted by molar-refractivity contribution is -0.110. The molecule has 3 heterocycles. The zero-order chi connectivity index (χ0) is 22.9. The van der Waals surface area contributed by atoms with Gasteiger partial charge in [0.2, 0.25) is 0 Å². The Balaban J connectivity index is 1.41. The van der Waals surface area contributed by atoms with Crippen LogP contribution < -0.4 is 16.2 Å². The van der Waals surface area contributed by atoms with Gasteiger partial charge in [-0.25, -0.2) is 0 Å². The molecular formula is C25H17ClN4O3. The van der Waals surface area contributed by atoms with E-state index in [0.717, 1.165) is 11.3 Å². The molecule has 0 fully saturated rings. The lowest BCUT2D eigenvalue weighted by atomic mass is 10.1. The molecule has 1 aliphatic rings. The number of aromatic nitrogens is 2. The van der Waals surface area contributed by atoms with Crippen LogP contribution in [0.1, 0.15) is 21.6 Å². The van der Waals surface area contributed by atoms with Gasteiger partial charge in [0.25, 0.3) is 17.4 Å². The monoisotopic (exact) mass is 456 g/mol. The highest BCUT2D eigenvalue weighted by molar-refractivity contribution is 6.35. The van der Waals surface area contributed by atoms with E-state index in [1.807, 2.05) is 12.1 Å². The number of hydrogen-bond donors (Lipinski definition) is 3. The molecule has 33 heavy (non-hydrogen) atoms. The second-order valence-corrected chi connectivity index (χ2v) is 7.86. The first kappa shape index (κ1) is 20.5. The van der Waals surface area contributed by atoms with Gasteiger partial charge in [-0.2, -0.15) is 0 Å². The van der Waals surface area contributed by atoms with E-state index in [1.54, 1.807) is 67.0 Å². The standard InChI is InChI=1S/C25H17ClN4O3/c26-15-5-8-18(9-6-15)30-12-2-4-20(25(30)33)23(31)28-17-7-10-19-21(13-16-3-1-11-27-16)24(32)29-22(19)14-17/h1-14,27H,(H,28,31)(H,29,32). The molecule has 0 aliphatic carbocycles. The number of pyridine rings is 1. The van der Waals surface area contributed by atoms with Crippen LogP contribution in [0.5, 0.6) is 0 Å². The van der Waals surface area contributed by atoms with E-state index >= 15 is 0 Å². The van der Waals surface area contributed by atoms with Gasteiger partial charge in [0.05, 0.1) is 11.3 Å². The van der Waals surface area contributed by atoms with Gasteiger partial charge in [-0.15, -0.1) is 0 Å². The highest BCUT2D eigenvalue weighted by Gasteiger charge is 2.25. The van der Waals surface area contributed by atoms with Gasteiger partial charge in [0, 0.05) is 40.0 Å². The molecule has 0 unspecified atom stereocenters. The molecule has 1 aliphatic heterocycles. The number of amides is 2. The topological polar surface area (TPSA) is 96.0 Å². The third-order valence-corrected chi connectivity index (χ3v) is 5.53. The Kier molecular flexibility index (Phi) is 5.16. The molecule has 0 atom stereocenters. The molecular weight excluding hydrogens is 440 g/mol. The molecule has 0 spiro atoms. The summed E-state index contributed by atoms with van der Waals surface area (Å²) in [6, 6.07) is 18.7. The molecule has 3 N–H and O–H groups in total. The molecule has 0 bridgehead atoms. The molecule has 5 rings (SSSR count). The average Bonchev–Trinajstić information content (AvgIpc) is 3.42. The van der Waals surface area contributed by atoms with Crippen molar-refractivity contribution in [3.05, 3.63) is 111 Å². The molecule has 2 amide bonds. The van der Waals surface area contributed by atoms with Gasteiger partial charge >= 0.3 is 0 Å². The number of carbonyl (C=O) groups is 2. The number of benzene rings is 2. The number of hydrogen-bond acceptors (Lipinski definition) is 3. The third kappa shape index (κ3) is 3.97. The van der Waals surface area contributed by atoms with E-state index in [2.05, 4.69) is 15.6 Å². The number of aromatic amines is 1. The summed E-state index contributed by atoms with van der Waals surface area (Å²) in [6.45, 7) is 0. The third-order valence-electron chi connectivity index (χ3n) is 5.28. The molecule has 2 aromatic carbocycles. The minimum Gasteiger partial charge on any atom is -0.362 e. The fourth-order valence-electron chi connectivity index (χ4n) is 3.68. The number of halogens is 1. The molecule has 4 aromatic rings. The van der Waals surface area contributed by atoms with E-state index < -0.39 is 11.5 Å². The number of nitrogens with zero attached hydrogens (tertiary/aromatic N) is 1. The summed E-state index contributed by atoms with van der Waals surface area (Å²) in [7, 11) is 0. The predicted octanol–water partition coefficient (Wildman–Crippen LogP) is 4.56. The maximum absolute atomic E-state index is 12.9. The van der Waals surface area contributed by atoms with Crippen molar-refractivity contribution in [1.82, 2.24) is 9.55 Å². The minimum atomic E-state index is -0.547. The van der Waals surface area contributed by atoms with Gasteiger partial charge in [0.15, 0.2) is 0 Å². The quantitative estimate of drug-likeness (QED) is 0.393. The van der Waals surface area contributed by atoms with Gasteiger partial charge in [-0.3, -0.25) is 19.0 Å². The normalized spacial score (nSPS) is 13.6. The van der Waals surface area contributed by atoms with Crippen molar-refractivity contribution < 1.29 is 9.59 Å². The zero-order valence-electron chi connectivity index (χ0n) is 17.1. The molecule has 0 saturated heterocycles. The van der Waals surface area contributed by atoms with Crippen LogP contribution in [0.25, 0.3) is 17.3 Å². The number of nitrogens with one attached hydrogen (secondary N) is 3. The largest absolute Gasteiger partial charge is 0.362 e. The van der Waals surface area contributed by atoms with Crippen molar-refractivity contribution in [2.24, 2.45) is 0 Å². The smallest absolute Gasteiger partial charge is 0.267 e. The fraction of sp³-hybridized carbons (Fsp3) is 0. The van der Waals surface area contributed by atoms with Gasteiger partial charge in [0.1, 0.15) is 5.56 Å². The van der Waals surface area contributed by atoms with E-state index in [-0.39, 0.29) is 11.5 Å². The first-order valence-electron chi connectivity index (χ1n) is 10.1. The van der Waals surface area contributed by atoms with Crippen molar-refractivity contribution in [1.29, 1.82) is 0 Å². The summed E-state index contributed by atoms with van der Waals surface area (Å²) < 4.78 is 1.38. The van der Waals surface area contributed by atoms with Gasteiger partial charge < -0.3 is 15.6 Å². The Labute approximate surface area is 193 Å². The zero-order valence-corrected chi connectivity index (χ0v) is 17.9. The van der Waals surface area contributed by atoms with E-state index in [9.17, 15) is 14.4 Å². The molecule has 2 aromatic heterocycles. The lowest BCUT2D eigenvalue weighted by Gasteiger charge is -2.10. The first-order valence-corrected chi connectivity index (χ1v) is 10.5. The van der Waals surface area contributed by atoms with E-state index in [1.165, 1.54) is 10.6 Å². The number of anilines is 2. The minimum absolute atomic E-state index is 0.00989. The molecule has 7 nitrogen and oxygen atoms in total. The number of rotatable bonds is 4. The average molecular weight is 457 g/mol. The Morgan fingerprint density at radius 3 is 2.58 bits per heavy atom. The molecule has 8 heteroatoms. The highest BCUT2D eigenvalue weighted by Crippen LogP contribution is 2.35. The summed E-state index contributed by atoms with van der Waals surface area (Å²) in [4.78, 5) is 41.2. The van der Waals surface area contributed by atoms with Crippen molar-refractivity contribution in [2.45, 2.75) is 0 Å². The van der Waals surface area contributed by atoms with Crippen molar-refractivity contribution in [2.75, 3.05) is 10.6 Å². The Hall–Kier alpha value is -4.36. The lowest BCUT2D eigenvalue weighted by Crippen LogP contribution is -2.27.